The van der Waals surface area contributed by atoms with Crippen LogP contribution in [-0.4, -0.2) is 33.4 Å². The minimum absolute atomic E-state index is 0. The third-order valence-electron chi connectivity index (χ3n) is 3.80. The number of rotatable bonds is 4. The van der Waals surface area contributed by atoms with Crippen molar-refractivity contribution >= 4 is 42.1 Å². The maximum Gasteiger partial charge on any atom is 0.271 e. The van der Waals surface area contributed by atoms with Gasteiger partial charge in [0.2, 0.25) is 0 Å². The lowest BCUT2D eigenvalue weighted by Crippen LogP contribution is -2.40. The summed E-state index contributed by atoms with van der Waals surface area (Å²) in [6.07, 6.45) is 8.06. The van der Waals surface area contributed by atoms with E-state index in [4.69, 9.17) is 5.73 Å². The summed E-state index contributed by atoms with van der Waals surface area (Å²) in [4.78, 5) is 24.8. The predicted octanol–water partition coefficient (Wildman–Crippen LogP) is 2.30. The van der Waals surface area contributed by atoms with Gasteiger partial charge in [-0.25, -0.2) is 4.98 Å². The van der Waals surface area contributed by atoms with Crippen LogP contribution < -0.4 is 11.1 Å². The fourth-order valence-electron chi connectivity index (χ4n) is 2.66. The van der Waals surface area contributed by atoms with Crippen LogP contribution in [-0.2, 0) is 0 Å². The minimum atomic E-state index is -0.133. The van der Waals surface area contributed by atoms with E-state index in [9.17, 15) is 4.79 Å². The van der Waals surface area contributed by atoms with Crippen LogP contribution in [0.2, 0.25) is 0 Å². The van der Waals surface area contributed by atoms with E-state index in [0.29, 0.717) is 28.9 Å². The average Bonchev–Trinajstić information content (AvgIpc) is 3.17. The maximum atomic E-state index is 12.3. The van der Waals surface area contributed by atoms with Gasteiger partial charge in [0.25, 0.3) is 5.91 Å². The van der Waals surface area contributed by atoms with E-state index in [1.165, 1.54) is 11.3 Å². The van der Waals surface area contributed by atoms with E-state index in [1.54, 1.807) is 24.0 Å². The normalized spacial score (nSPS) is 19.5. The van der Waals surface area contributed by atoms with Crippen molar-refractivity contribution in [1.29, 1.82) is 0 Å². The minimum Gasteiger partial charge on any atom is -0.348 e. The lowest BCUT2D eigenvalue weighted by atomic mass is 10.0. The molecule has 1 fully saturated rings. The molecule has 9 heteroatoms. The van der Waals surface area contributed by atoms with Crippen LogP contribution in [0.15, 0.2) is 24.0 Å². The molecule has 2 unspecified atom stereocenters. The molecule has 3 N–H and O–H groups in total. The van der Waals surface area contributed by atoms with Crippen molar-refractivity contribution < 1.29 is 4.79 Å². The van der Waals surface area contributed by atoms with Crippen LogP contribution in [0.5, 0.6) is 0 Å². The third kappa shape index (κ3) is 4.60. The van der Waals surface area contributed by atoms with Crippen molar-refractivity contribution in [2.24, 2.45) is 11.7 Å². The molecule has 3 rings (SSSR count). The molecule has 0 aliphatic heterocycles. The lowest BCUT2D eigenvalue weighted by Gasteiger charge is -2.18. The van der Waals surface area contributed by atoms with Crippen LogP contribution >= 0.6 is 36.2 Å². The molecule has 0 saturated heterocycles. The molecule has 1 aliphatic rings. The summed E-state index contributed by atoms with van der Waals surface area (Å²) in [6.45, 7) is 0.618. The number of nitrogens with zero attached hydrogens (tertiary/aromatic N) is 3. The molecule has 0 spiro atoms. The largest absolute Gasteiger partial charge is 0.348 e. The fourth-order valence-corrected chi connectivity index (χ4v) is 3.42. The highest BCUT2D eigenvalue weighted by atomic mass is 35.5. The molecule has 126 valence electrons. The standard InChI is InChI=1S/C14H17N5OS.2ClH/c15-6-9-2-1-3-10(9)18-13(20)12-8-21-14(19-12)11-7-16-4-5-17-11;;/h4-5,7-10H,1-3,6,15H2,(H,18,20);2*1H. The van der Waals surface area contributed by atoms with Gasteiger partial charge in [-0.05, 0) is 25.3 Å². The molecular formula is C14H19Cl2N5OS. The van der Waals surface area contributed by atoms with Gasteiger partial charge in [-0.2, -0.15) is 0 Å². The van der Waals surface area contributed by atoms with E-state index < -0.39 is 0 Å². The highest BCUT2D eigenvalue weighted by molar-refractivity contribution is 7.13. The Balaban J connectivity index is 0.00000132. The topological polar surface area (TPSA) is 93.8 Å². The highest BCUT2D eigenvalue weighted by Crippen LogP contribution is 2.25. The molecule has 6 nitrogen and oxygen atoms in total. The number of hydrogen-bond donors (Lipinski definition) is 2. The first-order valence-electron chi connectivity index (χ1n) is 7.01. The highest BCUT2D eigenvalue weighted by Gasteiger charge is 2.28. The van der Waals surface area contributed by atoms with E-state index in [0.717, 1.165) is 19.3 Å². The summed E-state index contributed by atoms with van der Waals surface area (Å²) in [6, 6.07) is 0.171. The molecule has 2 atom stereocenters. The zero-order chi connectivity index (χ0) is 14.7. The first-order chi connectivity index (χ1) is 10.3. The number of carbonyl (C=O) groups is 1. The van der Waals surface area contributed by atoms with Gasteiger partial charge in [0.15, 0.2) is 0 Å². The van der Waals surface area contributed by atoms with E-state index in [1.807, 2.05) is 0 Å². The second-order valence-corrected chi connectivity index (χ2v) is 5.99. The average molecular weight is 376 g/mol. The van der Waals surface area contributed by atoms with Crippen molar-refractivity contribution in [2.75, 3.05) is 6.54 Å². The van der Waals surface area contributed by atoms with Gasteiger partial charge in [-0.15, -0.1) is 36.2 Å². The summed E-state index contributed by atoms with van der Waals surface area (Å²) in [5.74, 6) is 0.249. The van der Waals surface area contributed by atoms with E-state index in [-0.39, 0.29) is 36.8 Å². The fraction of sp³-hybridized carbons (Fsp3) is 0.429. The number of halogens is 2. The summed E-state index contributed by atoms with van der Waals surface area (Å²) < 4.78 is 0. The molecule has 1 aliphatic carbocycles. The quantitative estimate of drug-likeness (QED) is 0.854. The second kappa shape index (κ2) is 9.12. The van der Waals surface area contributed by atoms with Crippen molar-refractivity contribution in [3.8, 4) is 10.7 Å². The van der Waals surface area contributed by atoms with Crippen LogP contribution in [0.3, 0.4) is 0 Å². The first-order valence-corrected chi connectivity index (χ1v) is 7.88. The van der Waals surface area contributed by atoms with Gasteiger partial charge >= 0.3 is 0 Å². The van der Waals surface area contributed by atoms with Gasteiger partial charge in [-0.1, -0.05) is 6.42 Å². The molecule has 0 bridgehead atoms. The van der Waals surface area contributed by atoms with Crippen LogP contribution in [0.1, 0.15) is 29.8 Å². The summed E-state index contributed by atoms with van der Waals surface area (Å²) >= 11 is 1.40. The lowest BCUT2D eigenvalue weighted by molar-refractivity contribution is 0.0924. The molecule has 2 aromatic heterocycles. The number of aromatic nitrogens is 3. The Morgan fingerprint density at radius 3 is 2.87 bits per heavy atom. The number of nitrogens with two attached hydrogens (primary N) is 1. The number of nitrogens with one attached hydrogen (secondary N) is 1. The van der Waals surface area contributed by atoms with Crippen molar-refractivity contribution in [3.05, 3.63) is 29.7 Å². The van der Waals surface area contributed by atoms with Crippen LogP contribution in [0, 0.1) is 5.92 Å². The van der Waals surface area contributed by atoms with Crippen LogP contribution in [0.25, 0.3) is 10.7 Å². The number of hydrogen-bond acceptors (Lipinski definition) is 6. The monoisotopic (exact) mass is 375 g/mol. The van der Waals surface area contributed by atoms with Gasteiger partial charge in [0.1, 0.15) is 16.4 Å². The van der Waals surface area contributed by atoms with Crippen molar-refractivity contribution in [3.63, 3.8) is 0 Å². The predicted molar refractivity (Wildman–Crippen MR) is 95.3 cm³/mol. The maximum absolute atomic E-state index is 12.3. The van der Waals surface area contributed by atoms with Gasteiger partial charge in [0.05, 0.1) is 6.20 Å². The molecule has 23 heavy (non-hydrogen) atoms. The van der Waals surface area contributed by atoms with E-state index in [2.05, 4.69) is 20.3 Å². The summed E-state index contributed by atoms with van der Waals surface area (Å²) in [7, 11) is 0. The summed E-state index contributed by atoms with van der Waals surface area (Å²) in [5.41, 5.74) is 6.85. The third-order valence-corrected chi connectivity index (χ3v) is 4.66. The Labute approximate surface area is 151 Å². The molecule has 1 saturated carbocycles. The number of thiazole rings is 1. The van der Waals surface area contributed by atoms with Gasteiger partial charge in [0, 0.05) is 23.8 Å². The van der Waals surface area contributed by atoms with Gasteiger partial charge in [-0.3, -0.25) is 14.8 Å². The molecule has 0 radical (unpaired) electrons. The first kappa shape index (κ1) is 19.8. The molecular weight excluding hydrogens is 357 g/mol. The number of amides is 1. The SMILES string of the molecule is Cl.Cl.NCC1CCCC1NC(=O)c1csc(-c2cnccn2)n1. The van der Waals surface area contributed by atoms with Crippen molar-refractivity contribution in [2.45, 2.75) is 25.3 Å². The smallest absolute Gasteiger partial charge is 0.271 e. The molecule has 2 aromatic rings. The Hall–Kier alpha value is -1.28. The zero-order valence-electron chi connectivity index (χ0n) is 12.3. The molecule has 1 amide bonds. The Morgan fingerprint density at radius 1 is 1.35 bits per heavy atom. The Bertz CT molecular complexity index is 625. The number of carbonyl (C=O) groups excluding carboxylic acids is 1. The zero-order valence-corrected chi connectivity index (χ0v) is 14.8. The van der Waals surface area contributed by atoms with Crippen molar-refractivity contribution in [1.82, 2.24) is 20.3 Å². The van der Waals surface area contributed by atoms with Crippen LogP contribution in [0.4, 0.5) is 0 Å². The Kier molecular flexibility index (Phi) is 7.84. The van der Waals surface area contributed by atoms with Gasteiger partial charge < -0.3 is 11.1 Å². The van der Waals surface area contributed by atoms with E-state index >= 15 is 0 Å². The molecule has 2 heterocycles. The Morgan fingerprint density at radius 2 is 2.17 bits per heavy atom. The molecule has 0 aromatic carbocycles. The summed E-state index contributed by atoms with van der Waals surface area (Å²) in [5, 5.41) is 5.51. The second-order valence-electron chi connectivity index (χ2n) is 5.14.